The van der Waals surface area contributed by atoms with Crippen LogP contribution < -0.4 is 5.73 Å². The zero-order chi connectivity index (χ0) is 23.3. The molecule has 0 spiro atoms. The van der Waals surface area contributed by atoms with E-state index >= 15 is 0 Å². The number of aromatic amines is 1. The number of hydrogen-bond donors (Lipinski definition) is 3. The van der Waals surface area contributed by atoms with Gasteiger partial charge in [-0.05, 0) is 25.1 Å². The van der Waals surface area contributed by atoms with E-state index in [-0.39, 0.29) is 18.4 Å². The molecular formula is C18H19ClF3N5O3S. The molecule has 0 fully saturated rings. The summed E-state index contributed by atoms with van der Waals surface area (Å²) in [5, 5.41) is 10.5. The van der Waals surface area contributed by atoms with Crippen LogP contribution in [0.2, 0.25) is 5.02 Å². The molecule has 3 aromatic rings. The van der Waals surface area contributed by atoms with Crippen LogP contribution >= 0.6 is 22.9 Å². The minimum atomic E-state index is -5.08. The molecule has 0 bridgehead atoms. The summed E-state index contributed by atoms with van der Waals surface area (Å²) in [5.41, 5.74) is 7.99. The minimum Gasteiger partial charge on any atom is -0.475 e. The molecule has 0 saturated heterocycles. The molecule has 4 N–H and O–H groups in total. The fourth-order valence-corrected chi connectivity index (χ4v) is 3.25. The van der Waals surface area contributed by atoms with Crippen molar-refractivity contribution in [3.8, 4) is 0 Å². The maximum atomic E-state index is 12.5. The van der Waals surface area contributed by atoms with Gasteiger partial charge in [0.05, 0.1) is 29.2 Å². The molecule has 31 heavy (non-hydrogen) atoms. The molecule has 13 heteroatoms. The normalized spacial score (nSPS) is 12.2. The van der Waals surface area contributed by atoms with Crippen molar-refractivity contribution in [2.24, 2.45) is 5.73 Å². The van der Waals surface area contributed by atoms with Crippen LogP contribution in [0.25, 0.3) is 11.0 Å². The maximum absolute atomic E-state index is 12.5. The highest BCUT2D eigenvalue weighted by molar-refractivity contribution is 7.09. The lowest BCUT2D eigenvalue weighted by atomic mass is 10.2. The first-order chi connectivity index (χ1) is 14.4. The number of aliphatic carboxylic acids is 1. The number of fused-ring (bicyclic) bond motifs is 1. The Morgan fingerprint density at radius 2 is 2.00 bits per heavy atom. The third-order valence-corrected chi connectivity index (χ3v) is 5.34. The number of carboxylic acids is 1. The van der Waals surface area contributed by atoms with Crippen molar-refractivity contribution in [3.63, 3.8) is 0 Å². The summed E-state index contributed by atoms with van der Waals surface area (Å²) in [5.74, 6) is -2.05. The first kappa shape index (κ1) is 24.6. The highest BCUT2D eigenvalue weighted by Crippen LogP contribution is 2.23. The summed E-state index contributed by atoms with van der Waals surface area (Å²) in [4.78, 5) is 35.2. The molecular weight excluding hydrogens is 459 g/mol. The first-order valence-corrected chi connectivity index (χ1v) is 10.0. The Hall–Kier alpha value is -2.70. The standard InChI is InChI=1S/C16H18ClN5OS.C2HF3O2/c1-9(16-20-12-4-3-10(17)5-13(12)21-16)22(2)15(23)6-11-8-24-14(7-18)19-11;3-2(4,5)1(6)7/h3-5,8-9H,6-7,18H2,1-2H3,(H,20,21);(H,6,7). The summed E-state index contributed by atoms with van der Waals surface area (Å²) < 4.78 is 31.7. The molecule has 2 heterocycles. The van der Waals surface area contributed by atoms with E-state index < -0.39 is 12.1 Å². The molecule has 0 saturated carbocycles. The lowest BCUT2D eigenvalue weighted by Gasteiger charge is -2.23. The number of carbonyl (C=O) groups excluding carboxylic acids is 1. The number of alkyl halides is 3. The van der Waals surface area contributed by atoms with E-state index in [0.717, 1.165) is 27.6 Å². The van der Waals surface area contributed by atoms with Gasteiger partial charge in [0.2, 0.25) is 5.91 Å². The van der Waals surface area contributed by atoms with E-state index in [0.29, 0.717) is 11.6 Å². The van der Waals surface area contributed by atoms with Gasteiger partial charge in [0.15, 0.2) is 0 Å². The highest BCUT2D eigenvalue weighted by atomic mass is 35.5. The minimum absolute atomic E-state index is 0.0186. The second kappa shape index (κ2) is 10.1. The molecule has 0 radical (unpaired) electrons. The summed E-state index contributed by atoms with van der Waals surface area (Å²) >= 11 is 7.47. The van der Waals surface area contributed by atoms with Crippen LogP contribution in [0.15, 0.2) is 23.6 Å². The summed E-state index contributed by atoms with van der Waals surface area (Å²) in [6.45, 7) is 2.33. The Bertz CT molecular complexity index is 1070. The lowest BCUT2D eigenvalue weighted by Crippen LogP contribution is -2.31. The molecule has 1 atom stereocenters. The molecule has 168 valence electrons. The van der Waals surface area contributed by atoms with Crippen molar-refractivity contribution in [3.05, 3.63) is 45.1 Å². The van der Waals surface area contributed by atoms with E-state index in [1.165, 1.54) is 11.3 Å². The number of carboxylic acid groups (broad SMARTS) is 1. The Morgan fingerprint density at radius 1 is 1.35 bits per heavy atom. The van der Waals surface area contributed by atoms with E-state index in [2.05, 4.69) is 15.0 Å². The number of halogens is 4. The van der Waals surface area contributed by atoms with Gasteiger partial charge >= 0.3 is 12.1 Å². The lowest BCUT2D eigenvalue weighted by molar-refractivity contribution is -0.192. The molecule has 1 aromatic carbocycles. The van der Waals surface area contributed by atoms with E-state index in [1.807, 2.05) is 24.4 Å². The van der Waals surface area contributed by atoms with Crippen molar-refractivity contribution < 1.29 is 27.9 Å². The highest BCUT2D eigenvalue weighted by Gasteiger charge is 2.38. The first-order valence-electron chi connectivity index (χ1n) is 8.76. The topological polar surface area (TPSA) is 125 Å². The number of benzene rings is 1. The Kier molecular flexibility index (Phi) is 7.98. The predicted molar refractivity (Wildman–Crippen MR) is 110 cm³/mol. The molecule has 2 aromatic heterocycles. The van der Waals surface area contributed by atoms with Crippen LogP contribution in [-0.4, -0.2) is 50.1 Å². The summed E-state index contributed by atoms with van der Waals surface area (Å²) in [6, 6.07) is 5.29. The molecule has 0 aliphatic heterocycles. The van der Waals surface area contributed by atoms with Crippen molar-refractivity contribution in [2.45, 2.75) is 32.1 Å². The third-order valence-electron chi connectivity index (χ3n) is 4.18. The largest absolute Gasteiger partial charge is 0.490 e. The average molecular weight is 478 g/mol. The number of aromatic nitrogens is 3. The number of carbonyl (C=O) groups is 2. The number of nitrogens with zero attached hydrogens (tertiary/aromatic N) is 3. The van der Waals surface area contributed by atoms with Gasteiger partial charge in [0.25, 0.3) is 0 Å². The molecule has 1 amide bonds. The number of nitrogens with one attached hydrogen (secondary N) is 1. The van der Waals surface area contributed by atoms with Crippen LogP contribution in [0.1, 0.15) is 29.5 Å². The zero-order valence-corrected chi connectivity index (χ0v) is 18.0. The maximum Gasteiger partial charge on any atom is 0.490 e. The predicted octanol–water partition coefficient (Wildman–Crippen LogP) is 3.53. The SMILES string of the molecule is CC(c1nc2ccc(Cl)cc2[nH]1)N(C)C(=O)Cc1csc(CN)n1.O=C(O)C(F)(F)F. The average Bonchev–Trinajstić information content (AvgIpc) is 3.32. The van der Waals surface area contributed by atoms with Gasteiger partial charge in [-0.15, -0.1) is 11.3 Å². The molecule has 0 aliphatic carbocycles. The van der Waals surface area contributed by atoms with Crippen LogP contribution in [0.4, 0.5) is 13.2 Å². The van der Waals surface area contributed by atoms with Crippen molar-refractivity contribution in [1.82, 2.24) is 19.9 Å². The molecule has 0 aliphatic rings. The number of hydrogen-bond acceptors (Lipinski definition) is 6. The van der Waals surface area contributed by atoms with Gasteiger partial charge in [-0.2, -0.15) is 13.2 Å². The number of H-pyrrole nitrogens is 1. The van der Waals surface area contributed by atoms with Crippen molar-refractivity contribution in [2.75, 3.05) is 7.05 Å². The smallest absolute Gasteiger partial charge is 0.475 e. The van der Waals surface area contributed by atoms with E-state index in [4.69, 9.17) is 27.2 Å². The summed E-state index contributed by atoms with van der Waals surface area (Å²) in [7, 11) is 1.77. The van der Waals surface area contributed by atoms with Crippen LogP contribution in [0.3, 0.4) is 0 Å². The summed E-state index contributed by atoms with van der Waals surface area (Å²) in [6.07, 6.45) is -4.83. The van der Waals surface area contributed by atoms with Crippen molar-refractivity contribution in [1.29, 1.82) is 0 Å². The van der Waals surface area contributed by atoms with Gasteiger partial charge < -0.3 is 20.7 Å². The molecule has 8 nitrogen and oxygen atoms in total. The van der Waals surface area contributed by atoms with Crippen molar-refractivity contribution >= 4 is 45.8 Å². The second-order valence-corrected chi connectivity index (χ2v) is 7.76. The number of rotatable bonds is 5. The number of thiazole rings is 1. The number of imidazole rings is 1. The Morgan fingerprint density at radius 3 is 2.55 bits per heavy atom. The van der Waals surface area contributed by atoms with E-state index in [9.17, 15) is 18.0 Å². The molecule has 1 unspecified atom stereocenters. The third kappa shape index (κ3) is 6.64. The number of amides is 1. The quantitative estimate of drug-likeness (QED) is 0.516. The van der Waals surface area contributed by atoms with E-state index in [1.54, 1.807) is 18.0 Å². The van der Waals surface area contributed by atoms with Gasteiger partial charge in [-0.3, -0.25) is 4.79 Å². The Labute approximate surface area is 183 Å². The second-order valence-electron chi connectivity index (χ2n) is 6.38. The Balaban J connectivity index is 0.000000423. The molecule has 3 rings (SSSR count). The monoisotopic (exact) mass is 477 g/mol. The van der Waals surface area contributed by atoms with Gasteiger partial charge in [0.1, 0.15) is 10.8 Å². The number of nitrogens with two attached hydrogens (primary N) is 1. The number of likely N-dealkylation sites (N-methyl/N-ethyl adjacent to an activating group) is 1. The van der Waals surface area contributed by atoms with Gasteiger partial charge in [0, 0.05) is 24.0 Å². The van der Waals surface area contributed by atoms with Crippen LogP contribution in [-0.2, 0) is 22.6 Å². The fourth-order valence-electron chi connectivity index (χ4n) is 2.40. The van der Waals surface area contributed by atoms with Crippen LogP contribution in [0.5, 0.6) is 0 Å². The van der Waals surface area contributed by atoms with Crippen LogP contribution in [0, 0.1) is 0 Å². The zero-order valence-electron chi connectivity index (χ0n) is 16.4. The van der Waals surface area contributed by atoms with Gasteiger partial charge in [-0.1, -0.05) is 11.6 Å². The fraction of sp³-hybridized carbons (Fsp3) is 0.333. The van der Waals surface area contributed by atoms with Gasteiger partial charge in [-0.25, -0.2) is 14.8 Å².